The van der Waals surface area contributed by atoms with Crippen molar-refractivity contribution < 1.29 is 0 Å². The first-order chi connectivity index (χ1) is 38.7. The van der Waals surface area contributed by atoms with E-state index < -0.39 is 0 Å². The van der Waals surface area contributed by atoms with Crippen molar-refractivity contribution in [1.82, 2.24) is 18.1 Å². The lowest BCUT2D eigenvalue weighted by Gasteiger charge is -2.10. The predicted octanol–water partition coefficient (Wildman–Crippen LogP) is 19.8. The van der Waals surface area contributed by atoms with Crippen LogP contribution in [0.4, 0.5) is 0 Å². The second-order valence-corrected chi connectivity index (χ2v) is 21.3. The first-order valence-electron chi connectivity index (χ1n) is 27.0. The number of rotatable bonds is 5. The topological polar surface area (TPSA) is 19.2 Å². The van der Waals surface area contributed by atoms with Crippen molar-refractivity contribution in [2.45, 2.75) is 0 Å². The molecule has 0 N–H and O–H groups in total. The van der Waals surface area contributed by atoms with Crippen LogP contribution in [-0.2, 0) is 0 Å². The molecule has 360 valence electrons. The molecular weight excluding hydrogens is 945 g/mol. The molecule has 4 nitrogen and oxygen atoms in total. The van der Waals surface area contributed by atoms with E-state index >= 15 is 0 Å². The zero-order chi connectivity index (χ0) is 50.7. The Kier molecular flexibility index (Phi) is 8.36. The molecule has 0 aliphatic heterocycles. The Morgan fingerprint density at radius 1 is 0.192 bits per heavy atom. The Morgan fingerprint density at radius 3 is 1.10 bits per heavy atom. The molecule has 0 unspecified atom stereocenters. The van der Waals surface area contributed by atoms with Crippen molar-refractivity contribution in [2.75, 3.05) is 0 Å². The van der Waals surface area contributed by atoms with Gasteiger partial charge in [0.1, 0.15) is 0 Å². The first-order valence-corrected chi connectivity index (χ1v) is 27.0. The van der Waals surface area contributed by atoms with Gasteiger partial charge in [0.2, 0.25) is 0 Å². The van der Waals surface area contributed by atoms with Gasteiger partial charge in [0.25, 0.3) is 0 Å². The lowest BCUT2D eigenvalue weighted by Crippen LogP contribution is -1.92. The van der Waals surface area contributed by atoms with Crippen molar-refractivity contribution in [3.8, 4) is 39.3 Å². The Morgan fingerprint density at radius 2 is 0.577 bits per heavy atom. The molecule has 5 aromatic heterocycles. The second-order valence-electron chi connectivity index (χ2n) is 21.3. The number of hydrogen-bond acceptors (Lipinski definition) is 0. The molecule has 0 bridgehead atoms. The Balaban J connectivity index is 0.866. The summed E-state index contributed by atoms with van der Waals surface area (Å²) in [6.45, 7) is 0. The third-order valence-corrected chi connectivity index (χ3v) is 17.2. The van der Waals surface area contributed by atoms with E-state index in [0.29, 0.717) is 0 Å². The standard InChI is InChI=1S/C74H44N4/c1-4-16-53(17-5-1)75-64-25-13-10-22-56(64)59-38-47(32-34-67(59)75)45-28-30-49-42-69-61(40-51(49)36-45)62-44-71-72(58-24-12-15-27-66(58)77(71)55-20-8-3-9-21-55)73-63-41-52-37-46(29-31-50(52)43-70(63)78(69)74(62)73)48-33-35-68-60(39-48)57-23-11-14-26-65(57)76(68)54-18-6-2-7-19-54/h1-44H. The molecule has 5 heterocycles. The Labute approximate surface area is 447 Å². The van der Waals surface area contributed by atoms with E-state index in [1.54, 1.807) is 0 Å². The zero-order valence-electron chi connectivity index (χ0n) is 42.2. The highest BCUT2D eigenvalue weighted by atomic mass is 15.0. The molecule has 13 aromatic carbocycles. The highest BCUT2D eigenvalue weighted by Crippen LogP contribution is 2.49. The van der Waals surface area contributed by atoms with E-state index in [1.165, 1.54) is 159 Å². The molecular formula is C74H44N4. The second kappa shape index (κ2) is 15.6. The van der Waals surface area contributed by atoms with Crippen LogP contribution in [0.15, 0.2) is 267 Å². The highest BCUT2D eigenvalue weighted by molar-refractivity contribution is 6.37. The monoisotopic (exact) mass is 988 g/mol. The maximum Gasteiger partial charge on any atom is 0.0628 e. The predicted molar refractivity (Wildman–Crippen MR) is 330 cm³/mol. The van der Waals surface area contributed by atoms with Crippen molar-refractivity contribution in [2.24, 2.45) is 0 Å². The summed E-state index contributed by atoms with van der Waals surface area (Å²) in [5.74, 6) is 0. The summed E-state index contributed by atoms with van der Waals surface area (Å²) in [6, 6.07) is 99.3. The molecule has 18 rings (SSSR count). The minimum atomic E-state index is 1.16. The molecule has 18 aromatic rings. The van der Waals surface area contributed by atoms with Gasteiger partial charge in [-0.15, -0.1) is 0 Å². The summed E-state index contributed by atoms with van der Waals surface area (Å²) >= 11 is 0. The molecule has 0 spiro atoms. The molecule has 4 heteroatoms. The number of nitrogens with zero attached hydrogens (tertiary/aromatic N) is 4. The van der Waals surface area contributed by atoms with Gasteiger partial charge in [-0.3, -0.25) is 0 Å². The third kappa shape index (κ3) is 5.72. The van der Waals surface area contributed by atoms with Gasteiger partial charge in [-0.05, 0) is 165 Å². The van der Waals surface area contributed by atoms with Crippen molar-refractivity contribution >= 4 is 125 Å². The average molecular weight is 989 g/mol. The summed E-state index contributed by atoms with van der Waals surface area (Å²) < 4.78 is 9.84. The summed E-state index contributed by atoms with van der Waals surface area (Å²) in [4.78, 5) is 0. The molecule has 0 aliphatic carbocycles. The summed E-state index contributed by atoms with van der Waals surface area (Å²) in [6.07, 6.45) is 0. The van der Waals surface area contributed by atoms with E-state index in [4.69, 9.17) is 0 Å². The van der Waals surface area contributed by atoms with Crippen LogP contribution in [0.2, 0.25) is 0 Å². The lowest BCUT2D eigenvalue weighted by molar-refractivity contribution is 1.18. The molecule has 0 fully saturated rings. The van der Waals surface area contributed by atoms with Crippen molar-refractivity contribution in [3.63, 3.8) is 0 Å². The Bertz CT molecular complexity index is 5540. The number of para-hydroxylation sites is 6. The van der Waals surface area contributed by atoms with E-state index in [9.17, 15) is 0 Å². The van der Waals surface area contributed by atoms with Crippen LogP contribution in [0.3, 0.4) is 0 Å². The average Bonchev–Trinajstić information content (AvgIpc) is 4.42. The van der Waals surface area contributed by atoms with Crippen LogP contribution >= 0.6 is 0 Å². The van der Waals surface area contributed by atoms with E-state index in [2.05, 4.69) is 285 Å². The van der Waals surface area contributed by atoms with Crippen LogP contribution in [0.1, 0.15) is 0 Å². The molecule has 0 amide bonds. The third-order valence-electron chi connectivity index (χ3n) is 17.2. The minimum absolute atomic E-state index is 1.16. The largest absolute Gasteiger partial charge is 0.309 e. The smallest absolute Gasteiger partial charge is 0.0628 e. The van der Waals surface area contributed by atoms with Gasteiger partial charge in [0.15, 0.2) is 0 Å². The van der Waals surface area contributed by atoms with Gasteiger partial charge in [-0.25, -0.2) is 0 Å². The summed E-state index contributed by atoms with van der Waals surface area (Å²) in [7, 11) is 0. The fraction of sp³-hybridized carbons (Fsp3) is 0. The van der Waals surface area contributed by atoms with Gasteiger partial charge in [0, 0.05) is 70.9 Å². The van der Waals surface area contributed by atoms with Crippen molar-refractivity contribution in [1.29, 1.82) is 0 Å². The van der Waals surface area contributed by atoms with Crippen LogP contribution in [-0.4, -0.2) is 18.1 Å². The fourth-order valence-electron chi connectivity index (χ4n) is 13.8. The van der Waals surface area contributed by atoms with Crippen LogP contribution in [0, 0.1) is 0 Å². The van der Waals surface area contributed by atoms with Crippen LogP contribution in [0.5, 0.6) is 0 Å². The van der Waals surface area contributed by atoms with Gasteiger partial charge in [-0.1, -0.05) is 146 Å². The first kappa shape index (κ1) is 41.9. The van der Waals surface area contributed by atoms with E-state index in [-0.39, 0.29) is 0 Å². The maximum atomic E-state index is 2.58. The molecule has 78 heavy (non-hydrogen) atoms. The molecule has 0 radical (unpaired) electrons. The molecule has 0 saturated heterocycles. The number of hydrogen-bond donors (Lipinski definition) is 0. The summed E-state index contributed by atoms with van der Waals surface area (Å²) in [5.41, 5.74) is 19.3. The molecule has 0 saturated carbocycles. The zero-order valence-corrected chi connectivity index (χ0v) is 42.2. The van der Waals surface area contributed by atoms with E-state index in [1.807, 2.05) is 0 Å². The number of benzene rings is 13. The van der Waals surface area contributed by atoms with Gasteiger partial charge < -0.3 is 18.1 Å². The van der Waals surface area contributed by atoms with Crippen LogP contribution < -0.4 is 0 Å². The van der Waals surface area contributed by atoms with Crippen molar-refractivity contribution in [3.05, 3.63) is 267 Å². The normalized spacial score (nSPS) is 12.4. The number of aromatic nitrogens is 4. The number of fused-ring (bicyclic) bond motifs is 18. The Hall–Kier alpha value is -10.4. The SMILES string of the molecule is c1ccc(-n2c3ccccc3c3cc(-c4ccc5cc6c(cc5c4)c4cc5c(c7ccccc7n5-c5ccccc5)c5c7cc8cc(-c9ccc%10c(c9)c9ccccc9n%10-c9ccccc9)ccc8cc7n6c45)ccc32)cc1. The summed E-state index contributed by atoms with van der Waals surface area (Å²) in [5, 5.41) is 17.6. The van der Waals surface area contributed by atoms with Gasteiger partial charge >= 0.3 is 0 Å². The lowest BCUT2D eigenvalue weighted by atomic mass is 9.96. The molecule has 0 atom stereocenters. The fourth-order valence-corrected chi connectivity index (χ4v) is 13.8. The van der Waals surface area contributed by atoms with Crippen LogP contribution in [0.25, 0.3) is 164 Å². The molecule has 0 aliphatic rings. The minimum Gasteiger partial charge on any atom is -0.309 e. The van der Waals surface area contributed by atoms with Gasteiger partial charge in [-0.2, -0.15) is 0 Å². The quantitative estimate of drug-likeness (QED) is 0.164. The maximum absolute atomic E-state index is 2.58. The van der Waals surface area contributed by atoms with Gasteiger partial charge in [0.05, 0.1) is 49.7 Å². The highest BCUT2D eigenvalue weighted by Gasteiger charge is 2.26. The van der Waals surface area contributed by atoms with E-state index in [0.717, 1.165) is 5.69 Å².